The molecule has 0 unspecified atom stereocenters. The highest BCUT2D eigenvalue weighted by Gasteiger charge is 2.00. The van der Waals surface area contributed by atoms with Gasteiger partial charge in [0.15, 0.2) is 0 Å². The molecule has 0 spiro atoms. The van der Waals surface area contributed by atoms with Gasteiger partial charge in [-0.05, 0) is 6.92 Å². The largest absolute Gasteiger partial charge is 0.466 e. The van der Waals surface area contributed by atoms with E-state index in [0.717, 1.165) is 6.61 Å². The van der Waals surface area contributed by atoms with E-state index in [1.165, 1.54) is 0 Å². The molecule has 0 aromatic heterocycles. The van der Waals surface area contributed by atoms with Crippen molar-refractivity contribution in [3.63, 3.8) is 0 Å². The van der Waals surface area contributed by atoms with Crippen molar-refractivity contribution in [3.05, 3.63) is 0 Å². The molecular weight excluding hydrogens is 173 g/mol. The Kier molecular flexibility index (Phi) is 8.32. The molecule has 3 N–H and O–H groups in total. The third-order valence-corrected chi connectivity index (χ3v) is 0.387. The Morgan fingerprint density at radius 2 is 1.64 bits per heavy atom. The van der Waals surface area contributed by atoms with Crippen LogP contribution >= 0.6 is 7.82 Å². The van der Waals surface area contributed by atoms with Crippen LogP contribution < -0.4 is 0 Å². The molecule has 0 aliphatic rings. The third-order valence-electron chi connectivity index (χ3n) is 0.387. The van der Waals surface area contributed by atoms with Crippen LogP contribution in [0.2, 0.25) is 0 Å². The van der Waals surface area contributed by atoms with Gasteiger partial charge in [-0.25, -0.2) is 4.57 Å². The molecule has 0 amide bonds. The van der Waals surface area contributed by atoms with E-state index >= 15 is 0 Å². The van der Waals surface area contributed by atoms with Crippen LogP contribution in [0.3, 0.4) is 0 Å². The highest BCUT2D eigenvalue weighted by atomic mass is 31.2. The first-order valence-electron chi connectivity index (χ1n) is 2.86. The van der Waals surface area contributed by atoms with Gasteiger partial charge in [-0.2, -0.15) is 5.06 Å². The van der Waals surface area contributed by atoms with Crippen molar-refractivity contribution in [2.45, 2.75) is 6.92 Å². The molecule has 0 saturated carbocycles. The fraction of sp³-hybridized carbons (Fsp3) is 1.00. The molecular formula is C4H14NO5P. The molecule has 0 bridgehead atoms. The van der Waals surface area contributed by atoms with E-state index in [1.54, 1.807) is 5.06 Å². The molecule has 0 atom stereocenters. The average molecular weight is 187 g/mol. The summed E-state index contributed by atoms with van der Waals surface area (Å²) in [7, 11) is -0.910. The maximum Gasteiger partial charge on any atom is 0.466 e. The van der Waals surface area contributed by atoms with Gasteiger partial charge in [-0.1, -0.05) is 0 Å². The molecule has 7 heteroatoms. The summed E-state index contributed by atoms with van der Waals surface area (Å²) < 4.78 is 8.88. The summed E-state index contributed by atoms with van der Waals surface area (Å²) in [5.74, 6) is 0. The number of rotatable bonds is 2. The lowest BCUT2D eigenvalue weighted by Crippen LogP contribution is -2.11. The zero-order valence-electron chi connectivity index (χ0n) is 6.76. The standard InChI is InChI=1S/C4H11NO.H3O4P/c1-4-6-5(2)3;1-5(2,3)4/h4H2,1-3H3;(H3,1,2,3,4). The molecule has 0 radical (unpaired) electrons. The van der Waals surface area contributed by atoms with Crippen LogP contribution in [-0.4, -0.2) is 40.4 Å². The molecule has 0 aromatic rings. The summed E-state index contributed by atoms with van der Waals surface area (Å²) in [4.78, 5) is 26.4. The molecule has 6 nitrogen and oxygen atoms in total. The lowest BCUT2D eigenvalue weighted by molar-refractivity contribution is -0.113. The van der Waals surface area contributed by atoms with E-state index in [-0.39, 0.29) is 0 Å². The Hall–Kier alpha value is 0.0300. The Labute approximate surface area is 65.6 Å². The quantitative estimate of drug-likeness (QED) is 0.401. The zero-order chi connectivity index (χ0) is 9.49. The first-order chi connectivity index (χ1) is 4.77. The van der Waals surface area contributed by atoms with E-state index in [2.05, 4.69) is 0 Å². The van der Waals surface area contributed by atoms with Crippen molar-refractivity contribution in [2.75, 3.05) is 20.7 Å². The third kappa shape index (κ3) is 70.4. The van der Waals surface area contributed by atoms with Gasteiger partial charge in [0.2, 0.25) is 0 Å². The minimum Gasteiger partial charge on any atom is -0.303 e. The lowest BCUT2D eigenvalue weighted by Gasteiger charge is -2.05. The summed E-state index contributed by atoms with van der Waals surface area (Å²) in [5, 5.41) is 1.68. The molecule has 0 saturated heterocycles. The Balaban J connectivity index is 0. The second-order valence-electron chi connectivity index (χ2n) is 1.74. The van der Waals surface area contributed by atoms with E-state index < -0.39 is 7.82 Å². The lowest BCUT2D eigenvalue weighted by atomic mass is 10.9. The van der Waals surface area contributed by atoms with Crippen LogP contribution in [0.15, 0.2) is 0 Å². The highest BCUT2D eigenvalue weighted by Crippen LogP contribution is 2.25. The van der Waals surface area contributed by atoms with Crippen molar-refractivity contribution in [1.29, 1.82) is 0 Å². The van der Waals surface area contributed by atoms with Gasteiger partial charge in [0.05, 0.1) is 6.61 Å². The minimum absolute atomic E-state index is 0.757. The second-order valence-corrected chi connectivity index (χ2v) is 2.77. The SMILES string of the molecule is CCON(C)C.O=P(O)(O)O. The maximum atomic E-state index is 8.88. The molecule has 11 heavy (non-hydrogen) atoms. The summed E-state index contributed by atoms with van der Waals surface area (Å²) >= 11 is 0. The fourth-order valence-electron chi connectivity index (χ4n) is 0.258. The fourth-order valence-corrected chi connectivity index (χ4v) is 0.258. The Morgan fingerprint density at radius 1 is 1.36 bits per heavy atom. The van der Waals surface area contributed by atoms with E-state index in [0.29, 0.717) is 0 Å². The van der Waals surface area contributed by atoms with Gasteiger partial charge in [-0.15, -0.1) is 0 Å². The van der Waals surface area contributed by atoms with Gasteiger partial charge in [0.25, 0.3) is 0 Å². The van der Waals surface area contributed by atoms with E-state index in [9.17, 15) is 0 Å². The summed E-state index contributed by atoms with van der Waals surface area (Å²) in [6.07, 6.45) is 0. The van der Waals surface area contributed by atoms with Crippen LogP contribution in [0.25, 0.3) is 0 Å². The molecule has 0 heterocycles. The van der Waals surface area contributed by atoms with E-state index in [1.807, 2.05) is 21.0 Å². The number of nitrogens with zero attached hydrogens (tertiary/aromatic N) is 1. The Morgan fingerprint density at radius 3 is 1.64 bits per heavy atom. The van der Waals surface area contributed by atoms with Crippen molar-refractivity contribution in [1.82, 2.24) is 5.06 Å². The summed E-state index contributed by atoms with van der Waals surface area (Å²) in [6, 6.07) is 0. The predicted octanol–water partition coefficient (Wildman–Crippen LogP) is -0.429. The van der Waals surface area contributed by atoms with Gasteiger partial charge >= 0.3 is 7.82 Å². The number of hydrogen-bond donors (Lipinski definition) is 3. The zero-order valence-corrected chi connectivity index (χ0v) is 7.65. The molecule has 0 fully saturated rings. The highest BCUT2D eigenvalue weighted by molar-refractivity contribution is 7.45. The van der Waals surface area contributed by atoms with Crippen LogP contribution in [0, 0.1) is 0 Å². The minimum atomic E-state index is -4.64. The maximum absolute atomic E-state index is 8.88. The molecule has 0 aromatic carbocycles. The molecule has 0 aliphatic heterocycles. The van der Waals surface area contributed by atoms with Crippen molar-refractivity contribution in [2.24, 2.45) is 0 Å². The molecule has 0 rings (SSSR count). The molecule has 70 valence electrons. The number of phosphoric acid groups is 1. The van der Waals surface area contributed by atoms with Crippen LogP contribution in [-0.2, 0) is 9.40 Å². The smallest absolute Gasteiger partial charge is 0.303 e. The van der Waals surface area contributed by atoms with Crippen LogP contribution in [0.4, 0.5) is 0 Å². The van der Waals surface area contributed by atoms with Crippen molar-refractivity contribution < 1.29 is 24.1 Å². The van der Waals surface area contributed by atoms with Crippen LogP contribution in [0.1, 0.15) is 6.92 Å². The first-order valence-corrected chi connectivity index (χ1v) is 4.42. The topological polar surface area (TPSA) is 90.2 Å². The van der Waals surface area contributed by atoms with Gasteiger partial charge < -0.3 is 14.7 Å². The normalized spacial score (nSPS) is 10.8. The summed E-state index contributed by atoms with van der Waals surface area (Å²) in [6.45, 7) is 2.72. The number of hydroxylamine groups is 2. The van der Waals surface area contributed by atoms with E-state index in [4.69, 9.17) is 24.1 Å². The van der Waals surface area contributed by atoms with Gasteiger partial charge in [-0.3, -0.25) is 4.84 Å². The van der Waals surface area contributed by atoms with Gasteiger partial charge in [0.1, 0.15) is 0 Å². The average Bonchev–Trinajstić information content (AvgIpc) is 1.58. The number of hydrogen-bond acceptors (Lipinski definition) is 3. The second kappa shape index (κ2) is 6.72. The van der Waals surface area contributed by atoms with Crippen molar-refractivity contribution >= 4 is 7.82 Å². The predicted molar refractivity (Wildman–Crippen MR) is 39.6 cm³/mol. The summed E-state index contributed by atoms with van der Waals surface area (Å²) in [5.41, 5.74) is 0. The monoisotopic (exact) mass is 187 g/mol. The van der Waals surface area contributed by atoms with Crippen LogP contribution in [0.5, 0.6) is 0 Å². The first kappa shape index (κ1) is 13.6. The van der Waals surface area contributed by atoms with Crippen molar-refractivity contribution in [3.8, 4) is 0 Å². The van der Waals surface area contributed by atoms with Gasteiger partial charge in [0, 0.05) is 14.1 Å². The molecule has 0 aliphatic carbocycles. The Bertz CT molecular complexity index is 113.